The molecule has 0 aliphatic carbocycles. The zero-order valence-electron chi connectivity index (χ0n) is 15.4. The van der Waals surface area contributed by atoms with Crippen molar-refractivity contribution in [2.75, 3.05) is 12.4 Å². The van der Waals surface area contributed by atoms with Crippen molar-refractivity contribution in [1.82, 2.24) is 9.55 Å². The van der Waals surface area contributed by atoms with Crippen LogP contribution in [-0.4, -0.2) is 22.6 Å². The van der Waals surface area contributed by atoms with Crippen molar-refractivity contribution in [2.45, 2.75) is 19.6 Å². The molecule has 0 radical (unpaired) electrons. The summed E-state index contributed by atoms with van der Waals surface area (Å²) in [6.07, 6.45) is 4.86. The molecule has 0 aliphatic heterocycles. The Bertz CT molecular complexity index is 961. The lowest BCUT2D eigenvalue weighted by Crippen LogP contribution is -2.15. The van der Waals surface area contributed by atoms with Crippen molar-refractivity contribution in [3.8, 4) is 11.5 Å². The molecule has 0 fully saturated rings. The summed E-state index contributed by atoms with van der Waals surface area (Å²) in [6, 6.07) is 10.5. The molecule has 3 aromatic rings. The average molecular weight is 420 g/mol. The first kappa shape index (κ1) is 20.0. The highest BCUT2D eigenvalue weighted by Crippen LogP contribution is 2.34. The largest absolute Gasteiger partial charge is 0.494 e. The average Bonchev–Trinajstić information content (AvgIpc) is 3.15. The summed E-state index contributed by atoms with van der Waals surface area (Å²) >= 11 is 12.4. The van der Waals surface area contributed by atoms with E-state index in [1.165, 1.54) is 14.0 Å². The molecular weight excluding hydrogens is 401 g/mol. The van der Waals surface area contributed by atoms with Gasteiger partial charge in [0.05, 0.1) is 25.7 Å². The third kappa shape index (κ3) is 4.97. The molecule has 1 aromatic heterocycles. The number of aromatic nitrogens is 2. The molecule has 1 unspecified atom stereocenters. The Morgan fingerprint density at radius 1 is 1.25 bits per heavy atom. The Kier molecular flexibility index (Phi) is 6.44. The lowest BCUT2D eigenvalue weighted by Gasteiger charge is -2.22. The first-order valence-corrected chi connectivity index (χ1v) is 9.25. The predicted molar refractivity (Wildman–Crippen MR) is 109 cm³/mol. The molecule has 2 aromatic carbocycles. The van der Waals surface area contributed by atoms with Crippen LogP contribution in [-0.2, 0) is 11.3 Å². The topological polar surface area (TPSA) is 65.4 Å². The number of ether oxygens (including phenoxy) is 2. The van der Waals surface area contributed by atoms with Crippen LogP contribution in [0.25, 0.3) is 0 Å². The van der Waals surface area contributed by atoms with Gasteiger partial charge >= 0.3 is 0 Å². The molecule has 0 bridgehead atoms. The van der Waals surface area contributed by atoms with E-state index in [1.807, 2.05) is 16.8 Å². The van der Waals surface area contributed by atoms with E-state index in [0.29, 0.717) is 33.8 Å². The number of halogens is 2. The fraction of sp³-hybridized carbons (Fsp3) is 0.200. The van der Waals surface area contributed by atoms with Crippen LogP contribution in [0.4, 0.5) is 5.69 Å². The minimum absolute atomic E-state index is 0.183. The smallest absolute Gasteiger partial charge is 0.221 e. The van der Waals surface area contributed by atoms with Gasteiger partial charge in [-0.25, -0.2) is 4.98 Å². The quantitative estimate of drug-likeness (QED) is 0.586. The zero-order valence-corrected chi connectivity index (χ0v) is 16.9. The van der Waals surface area contributed by atoms with Crippen molar-refractivity contribution in [1.29, 1.82) is 0 Å². The van der Waals surface area contributed by atoms with Crippen LogP contribution in [0.2, 0.25) is 10.0 Å². The van der Waals surface area contributed by atoms with E-state index in [1.54, 1.807) is 42.9 Å². The molecule has 1 amide bonds. The molecule has 1 heterocycles. The molecule has 28 heavy (non-hydrogen) atoms. The molecule has 0 aliphatic rings. The summed E-state index contributed by atoms with van der Waals surface area (Å²) in [5.41, 5.74) is 1.36. The first-order valence-electron chi connectivity index (χ1n) is 8.49. The minimum atomic E-state index is -0.393. The van der Waals surface area contributed by atoms with Crippen LogP contribution < -0.4 is 14.8 Å². The summed E-state index contributed by atoms with van der Waals surface area (Å²) in [7, 11) is 1.53. The molecule has 1 atom stereocenters. The molecule has 1 N–H and O–H groups in total. The Balaban J connectivity index is 1.91. The molecule has 146 valence electrons. The molecule has 0 spiro atoms. The van der Waals surface area contributed by atoms with Crippen molar-refractivity contribution in [3.05, 3.63) is 70.7 Å². The summed E-state index contributed by atoms with van der Waals surface area (Å²) < 4.78 is 13.5. The lowest BCUT2D eigenvalue weighted by atomic mass is 10.1. The zero-order chi connectivity index (χ0) is 20.1. The number of rotatable bonds is 7. The molecular formula is C20H19Cl2N3O3. The van der Waals surface area contributed by atoms with Gasteiger partial charge in [-0.2, -0.15) is 0 Å². The van der Waals surface area contributed by atoms with Gasteiger partial charge in [-0.15, -0.1) is 0 Å². The molecule has 8 heteroatoms. The van der Waals surface area contributed by atoms with Gasteiger partial charge in [0.2, 0.25) is 5.91 Å². The number of hydrogen-bond acceptors (Lipinski definition) is 4. The summed E-state index contributed by atoms with van der Waals surface area (Å²) in [5, 5.41) is 3.79. The van der Waals surface area contributed by atoms with E-state index >= 15 is 0 Å². The third-order valence-electron chi connectivity index (χ3n) is 4.01. The number of nitrogens with one attached hydrogen (secondary N) is 1. The number of nitrogens with zero attached hydrogens (tertiary/aromatic N) is 2. The van der Waals surface area contributed by atoms with Crippen LogP contribution in [0.1, 0.15) is 18.6 Å². The third-order valence-corrected chi connectivity index (χ3v) is 4.57. The fourth-order valence-corrected chi connectivity index (χ4v) is 3.28. The maximum absolute atomic E-state index is 11.3. The van der Waals surface area contributed by atoms with Crippen LogP contribution in [0.3, 0.4) is 0 Å². The van der Waals surface area contributed by atoms with Gasteiger partial charge in [0.1, 0.15) is 17.6 Å². The second kappa shape index (κ2) is 8.99. The number of amides is 1. The van der Waals surface area contributed by atoms with Crippen molar-refractivity contribution >= 4 is 34.8 Å². The highest BCUT2D eigenvalue weighted by molar-refractivity contribution is 6.35. The number of benzene rings is 2. The number of carbonyl (C=O) groups excluding carboxylic acids is 1. The molecule has 3 rings (SSSR count). The van der Waals surface area contributed by atoms with Crippen LogP contribution in [0.5, 0.6) is 11.5 Å². The highest BCUT2D eigenvalue weighted by Gasteiger charge is 2.19. The normalized spacial score (nSPS) is 11.7. The maximum Gasteiger partial charge on any atom is 0.221 e. The van der Waals surface area contributed by atoms with E-state index in [2.05, 4.69) is 10.3 Å². The van der Waals surface area contributed by atoms with Gasteiger partial charge in [0, 0.05) is 41.0 Å². The van der Waals surface area contributed by atoms with E-state index < -0.39 is 6.10 Å². The van der Waals surface area contributed by atoms with Gasteiger partial charge in [-0.1, -0.05) is 29.3 Å². The predicted octanol–water partition coefficient (Wildman–Crippen LogP) is 4.98. The van der Waals surface area contributed by atoms with Gasteiger partial charge in [0.25, 0.3) is 0 Å². The Morgan fingerprint density at radius 3 is 2.71 bits per heavy atom. The lowest BCUT2D eigenvalue weighted by molar-refractivity contribution is -0.114. The van der Waals surface area contributed by atoms with Gasteiger partial charge in [-0.3, -0.25) is 4.79 Å². The van der Waals surface area contributed by atoms with E-state index in [-0.39, 0.29) is 5.91 Å². The number of imidazole rings is 1. The molecule has 0 saturated heterocycles. The van der Waals surface area contributed by atoms with Crippen molar-refractivity contribution < 1.29 is 14.3 Å². The Morgan fingerprint density at radius 2 is 2.07 bits per heavy atom. The van der Waals surface area contributed by atoms with E-state index in [4.69, 9.17) is 32.7 Å². The second-order valence-electron chi connectivity index (χ2n) is 6.08. The summed E-state index contributed by atoms with van der Waals surface area (Å²) in [6.45, 7) is 1.94. The SMILES string of the molecule is COc1cc(OC(Cn2ccnc2)c2ccc(Cl)cc2Cl)ccc1NC(C)=O. The van der Waals surface area contributed by atoms with Gasteiger partial charge in [-0.05, 0) is 24.3 Å². The van der Waals surface area contributed by atoms with Gasteiger partial charge < -0.3 is 19.4 Å². The number of carbonyl (C=O) groups is 1. The van der Waals surface area contributed by atoms with Crippen LogP contribution in [0, 0.1) is 0 Å². The fourth-order valence-electron chi connectivity index (χ4n) is 2.75. The second-order valence-corrected chi connectivity index (χ2v) is 6.92. The maximum atomic E-state index is 11.3. The van der Waals surface area contributed by atoms with Crippen LogP contribution in [0.15, 0.2) is 55.1 Å². The van der Waals surface area contributed by atoms with Gasteiger partial charge in [0.15, 0.2) is 0 Å². The Hall–Kier alpha value is -2.70. The van der Waals surface area contributed by atoms with E-state index in [9.17, 15) is 4.79 Å². The standard InChI is InChI=1S/C20H19Cl2N3O3/c1-13(26)24-18-6-4-15(10-19(18)27-2)28-20(11-25-8-7-23-12-25)16-5-3-14(21)9-17(16)22/h3-10,12,20H,11H2,1-2H3,(H,24,26). The molecule has 6 nitrogen and oxygen atoms in total. The van der Waals surface area contributed by atoms with Crippen molar-refractivity contribution in [3.63, 3.8) is 0 Å². The summed E-state index contributed by atoms with van der Waals surface area (Å²) in [4.78, 5) is 15.4. The highest BCUT2D eigenvalue weighted by atomic mass is 35.5. The number of anilines is 1. The number of methoxy groups -OCH3 is 1. The van der Waals surface area contributed by atoms with E-state index in [0.717, 1.165) is 5.56 Å². The first-order chi connectivity index (χ1) is 13.5. The number of hydrogen-bond donors (Lipinski definition) is 1. The van der Waals surface area contributed by atoms with Crippen molar-refractivity contribution in [2.24, 2.45) is 0 Å². The Labute approximate surface area is 173 Å². The molecule has 0 saturated carbocycles. The minimum Gasteiger partial charge on any atom is -0.494 e. The van der Waals surface area contributed by atoms with Crippen LogP contribution >= 0.6 is 23.2 Å². The monoisotopic (exact) mass is 419 g/mol. The summed E-state index contributed by atoms with van der Waals surface area (Å²) in [5.74, 6) is 0.885.